The molecule has 2 aliphatic rings. The van der Waals surface area contributed by atoms with Crippen LogP contribution in [-0.4, -0.2) is 46.3 Å². The van der Waals surface area contributed by atoms with Crippen molar-refractivity contribution in [3.63, 3.8) is 0 Å². The van der Waals surface area contributed by atoms with E-state index in [0.717, 1.165) is 52.5 Å². The van der Waals surface area contributed by atoms with Crippen molar-refractivity contribution in [2.75, 3.05) is 24.6 Å². The van der Waals surface area contributed by atoms with Crippen LogP contribution < -0.4 is 15.4 Å². The Morgan fingerprint density at radius 3 is 2.88 bits per heavy atom. The number of halogens is 1. The van der Waals surface area contributed by atoms with Gasteiger partial charge in [-0.15, -0.1) is 0 Å². The molecule has 2 N–H and O–H groups in total. The van der Waals surface area contributed by atoms with Gasteiger partial charge < -0.3 is 15.4 Å². The molecule has 6 nitrogen and oxygen atoms in total. The van der Waals surface area contributed by atoms with Crippen molar-refractivity contribution < 1.29 is 9.13 Å². The van der Waals surface area contributed by atoms with E-state index in [1.165, 1.54) is 12.8 Å². The van der Waals surface area contributed by atoms with Gasteiger partial charge in [-0.2, -0.15) is 0 Å². The smallest absolute Gasteiger partial charge is 0.140 e. The van der Waals surface area contributed by atoms with Crippen LogP contribution in [-0.2, 0) is 0 Å². The minimum atomic E-state index is -1.03. The van der Waals surface area contributed by atoms with Crippen molar-refractivity contribution in [2.45, 2.75) is 31.5 Å². The molecule has 7 heteroatoms. The quantitative estimate of drug-likeness (QED) is 0.513. The number of rotatable bonds is 5. The number of imidazole rings is 1. The zero-order chi connectivity index (χ0) is 21.7. The number of nitrogens with zero attached hydrogens (tertiary/aromatic N) is 4. The molecule has 164 valence electrons. The average Bonchev–Trinajstić information content (AvgIpc) is 3.56. The van der Waals surface area contributed by atoms with Crippen LogP contribution in [0.25, 0.3) is 27.9 Å². The standard InChI is InChI=1S/C25H26FN5O/c26-19-14-30(10-9-20(19)27)22-3-1-2-17-6-7-21(29-25(17)22)23-13-28-24-12-18(8-11-31(23)24)32-15-16-4-5-16/h1-3,6-8,11-13,16,19-20H,4-5,9-10,14-15,27H2. The Morgan fingerprint density at radius 1 is 1.12 bits per heavy atom. The molecular weight excluding hydrogens is 405 g/mol. The Morgan fingerprint density at radius 2 is 2.03 bits per heavy atom. The van der Waals surface area contributed by atoms with Crippen LogP contribution in [0.3, 0.4) is 0 Å². The Hall–Kier alpha value is -3.19. The Labute approximate surface area is 185 Å². The molecule has 0 radical (unpaired) electrons. The van der Waals surface area contributed by atoms with E-state index in [9.17, 15) is 4.39 Å². The van der Waals surface area contributed by atoms with Crippen LogP contribution in [0, 0.1) is 5.92 Å². The normalized spacial score (nSPS) is 21.4. The van der Waals surface area contributed by atoms with E-state index in [1.54, 1.807) is 0 Å². The van der Waals surface area contributed by atoms with Crippen LogP contribution >= 0.6 is 0 Å². The number of ether oxygens (including phenoxy) is 1. The fourth-order valence-corrected chi connectivity index (χ4v) is 4.41. The predicted octanol–water partition coefficient (Wildman–Crippen LogP) is 4.21. The van der Waals surface area contributed by atoms with Gasteiger partial charge in [0.25, 0.3) is 0 Å². The topological polar surface area (TPSA) is 68.7 Å². The summed E-state index contributed by atoms with van der Waals surface area (Å²) in [7, 11) is 0. The summed E-state index contributed by atoms with van der Waals surface area (Å²) in [6.45, 7) is 1.80. The fourth-order valence-electron chi connectivity index (χ4n) is 4.41. The van der Waals surface area contributed by atoms with E-state index in [0.29, 0.717) is 18.9 Å². The Bertz CT molecular complexity index is 1280. The third kappa shape index (κ3) is 3.56. The van der Waals surface area contributed by atoms with Gasteiger partial charge in [-0.05, 0) is 43.4 Å². The number of aromatic nitrogens is 3. The van der Waals surface area contributed by atoms with Crippen molar-refractivity contribution in [1.29, 1.82) is 0 Å². The van der Waals surface area contributed by atoms with Gasteiger partial charge in [-0.25, -0.2) is 14.4 Å². The highest BCUT2D eigenvalue weighted by Crippen LogP contribution is 2.32. The fraction of sp³-hybridized carbons (Fsp3) is 0.360. The number of hydrogen-bond acceptors (Lipinski definition) is 5. The van der Waals surface area contributed by atoms with Gasteiger partial charge in [0.05, 0.1) is 41.9 Å². The van der Waals surface area contributed by atoms with Crippen molar-refractivity contribution in [1.82, 2.24) is 14.4 Å². The maximum Gasteiger partial charge on any atom is 0.140 e. The highest BCUT2D eigenvalue weighted by molar-refractivity contribution is 5.92. The molecule has 2 atom stereocenters. The summed E-state index contributed by atoms with van der Waals surface area (Å²) in [6.07, 6.45) is 5.96. The number of alkyl halides is 1. The van der Waals surface area contributed by atoms with Gasteiger partial charge in [0.15, 0.2) is 0 Å². The summed E-state index contributed by atoms with van der Waals surface area (Å²) in [6, 6.07) is 13.7. The largest absolute Gasteiger partial charge is 0.493 e. The SMILES string of the molecule is NC1CCN(c2cccc3ccc(-c4cnc5cc(OCC6CC6)ccn45)nc23)CC1F. The second kappa shape index (κ2) is 7.74. The van der Waals surface area contributed by atoms with Crippen LogP contribution in [0.1, 0.15) is 19.3 Å². The van der Waals surface area contributed by atoms with E-state index in [1.807, 2.05) is 53.2 Å². The lowest BCUT2D eigenvalue weighted by molar-refractivity contribution is 0.251. The average molecular weight is 432 g/mol. The molecule has 2 fully saturated rings. The number of fused-ring (bicyclic) bond motifs is 2. The van der Waals surface area contributed by atoms with Crippen LogP contribution in [0.5, 0.6) is 5.75 Å². The number of piperidine rings is 1. The molecule has 3 aromatic heterocycles. The molecule has 0 amide bonds. The maximum absolute atomic E-state index is 14.3. The van der Waals surface area contributed by atoms with Crippen molar-refractivity contribution in [2.24, 2.45) is 11.7 Å². The summed E-state index contributed by atoms with van der Waals surface area (Å²) >= 11 is 0. The lowest BCUT2D eigenvalue weighted by Crippen LogP contribution is -2.48. The first-order chi connectivity index (χ1) is 15.7. The van der Waals surface area contributed by atoms with E-state index in [-0.39, 0.29) is 6.04 Å². The molecule has 4 heterocycles. The summed E-state index contributed by atoms with van der Waals surface area (Å²) in [4.78, 5) is 11.6. The molecule has 1 saturated carbocycles. The number of pyridine rings is 2. The van der Waals surface area contributed by atoms with Crippen LogP contribution in [0.15, 0.2) is 54.9 Å². The van der Waals surface area contributed by atoms with Gasteiger partial charge in [0.2, 0.25) is 0 Å². The van der Waals surface area contributed by atoms with Crippen LogP contribution in [0.4, 0.5) is 10.1 Å². The van der Waals surface area contributed by atoms with E-state index in [2.05, 4.69) is 16.0 Å². The highest BCUT2D eigenvalue weighted by atomic mass is 19.1. The number of anilines is 1. The minimum absolute atomic E-state index is 0.297. The Kier molecular flexibility index (Phi) is 4.72. The molecule has 6 rings (SSSR count). The van der Waals surface area contributed by atoms with E-state index >= 15 is 0 Å². The molecular formula is C25H26FN5O. The first kappa shape index (κ1) is 19.5. The summed E-state index contributed by atoms with van der Waals surface area (Å²) < 4.78 is 22.2. The molecule has 1 aliphatic heterocycles. The lowest BCUT2D eigenvalue weighted by Gasteiger charge is -2.34. The summed E-state index contributed by atoms with van der Waals surface area (Å²) in [5.74, 6) is 1.56. The molecule has 32 heavy (non-hydrogen) atoms. The Balaban J connectivity index is 1.36. The predicted molar refractivity (Wildman–Crippen MR) is 124 cm³/mol. The minimum Gasteiger partial charge on any atom is -0.493 e. The third-order valence-corrected chi connectivity index (χ3v) is 6.56. The maximum atomic E-state index is 14.3. The van der Waals surface area contributed by atoms with E-state index < -0.39 is 6.17 Å². The van der Waals surface area contributed by atoms with E-state index in [4.69, 9.17) is 15.5 Å². The van der Waals surface area contributed by atoms with Gasteiger partial charge in [-0.3, -0.25) is 4.40 Å². The number of hydrogen-bond donors (Lipinski definition) is 1. The first-order valence-electron chi connectivity index (χ1n) is 11.3. The number of nitrogens with two attached hydrogens (primary N) is 1. The summed E-state index contributed by atoms with van der Waals surface area (Å²) in [5, 5.41) is 1.03. The monoisotopic (exact) mass is 431 g/mol. The summed E-state index contributed by atoms with van der Waals surface area (Å²) in [5.41, 5.74) is 10.3. The second-order valence-electron chi connectivity index (χ2n) is 8.95. The molecule has 1 aromatic carbocycles. The van der Waals surface area contributed by atoms with Crippen LogP contribution in [0.2, 0.25) is 0 Å². The molecule has 4 aromatic rings. The first-order valence-corrected chi connectivity index (χ1v) is 11.3. The highest BCUT2D eigenvalue weighted by Gasteiger charge is 2.27. The van der Waals surface area contributed by atoms with Crippen molar-refractivity contribution in [3.05, 3.63) is 54.9 Å². The van der Waals surface area contributed by atoms with Crippen molar-refractivity contribution in [3.8, 4) is 17.1 Å². The number of benzene rings is 1. The second-order valence-corrected chi connectivity index (χ2v) is 8.95. The van der Waals surface area contributed by atoms with Crippen molar-refractivity contribution >= 4 is 22.2 Å². The zero-order valence-corrected chi connectivity index (χ0v) is 17.8. The molecule has 2 unspecified atom stereocenters. The lowest BCUT2D eigenvalue weighted by atomic mass is 10.0. The van der Waals surface area contributed by atoms with Gasteiger partial charge >= 0.3 is 0 Å². The van der Waals surface area contributed by atoms with Gasteiger partial charge in [0.1, 0.15) is 17.6 Å². The molecule has 1 saturated heterocycles. The van der Waals surface area contributed by atoms with Gasteiger partial charge in [0, 0.05) is 30.2 Å². The number of para-hydroxylation sites is 1. The third-order valence-electron chi connectivity index (χ3n) is 6.56. The molecule has 1 aliphatic carbocycles. The molecule has 0 bridgehead atoms. The van der Waals surface area contributed by atoms with Gasteiger partial charge in [-0.1, -0.05) is 18.2 Å². The molecule has 0 spiro atoms. The zero-order valence-electron chi connectivity index (χ0n) is 17.8.